The summed E-state index contributed by atoms with van der Waals surface area (Å²) in [6.07, 6.45) is 6.34. The fourth-order valence-corrected chi connectivity index (χ4v) is 3.90. The topological polar surface area (TPSA) is 103 Å². The highest BCUT2D eigenvalue weighted by molar-refractivity contribution is 5.75. The van der Waals surface area contributed by atoms with Gasteiger partial charge in [-0.25, -0.2) is 0 Å². The molecule has 0 unspecified atom stereocenters. The molecule has 1 heterocycles. The van der Waals surface area contributed by atoms with E-state index in [1.165, 1.54) is 36.7 Å². The van der Waals surface area contributed by atoms with Crippen LogP contribution < -0.4 is 5.32 Å². The molecule has 3 rings (SSSR count). The van der Waals surface area contributed by atoms with E-state index in [4.69, 9.17) is 0 Å². The molecule has 0 saturated heterocycles. The van der Waals surface area contributed by atoms with E-state index in [-0.39, 0.29) is 18.5 Å². The first-order chi connectivity index (χ1) is 10.0. The zero-order chi connectivity index (χ0) is 15.0. The second-order valence-corrected chi connectivity index (χ2v) is 6.19. The van der Waals surface area contributed by atoms with E-state index in [0.717, 1.165) is 11.8 Å². The van der Waals surface area contributed by atoms with E-state index in [1.807, 2.05) is 6.92 Å². The molecule has 1 amide bonds. The van der Waals surface area contributed by atoms with Crippen LogP contribution >= 0.6 is 0 Å². The standard InChI is InChI=1S/C13H19N5O3/c1-8(11-5-9-2-3-10(11)4-9)15-12(19)6-17-7-14-13(16-17)18(20)21/h7-11H,2-6H2,1H3,(H,15,19)/t8-,9-,10-,11+/m1/s1. The first-order valence-electron chi connectivity index (χ1n) is 7.36. The first-order valence-corrected chi connectivity index (χ1v) is 7.36. The van der Waals surface area contributed by atoms with Crippen molar-refractivity contribution in [3.8, 4) is 0 Å². The van der Waals surface area contributed by atoms with Gasteiger partial charge in [-0.05, 0) is 48.9 Å². The summed E-state index contributed by atoms with van der Waals surface area (Å²) in [5, 5.41) is 17.1. The zero-order valence-corrected chi connectivity index (χ0v) is 11.9. The number of nitro groups is 1. The van der Waals surface area contributed by atoms with Gasteiger partial charge in [-0.2, -0.15) is 4.68 Å². The van der Waals surface area contributed by atoms with Gasteiger partial charge in [0.15, 0.2) is 0 Å². The minimum absolute atomic E-state index is 0.0357. The lowest BCUT2D eigenvalue weighted by atomic mass is 9.84. The Hall–Kier alpha value is -1.99. The fourth-order valence-electron chi connectivity index (χ4n) is 3.90. The Bertz CT molecular complexity index is 558. The maximum Gasteiger partial charge on any atom is 0.490 e. The Morgan fingerprint density at radius 1 is 1.57 bits per heavy atom. The Morgan fingerprint density at radius 3 is 2.95 bits per heavy atom. The van der Waals surface area contributed by atoms with E-state index in [1.54, 1.807) is 0 Å². The molecule has 0 aliphatic heterocycles. The molecule has 0 radical (unpaired) electrons. The Morgan fingerprint density at radius 2 is 2.38 bits per heavy atom. The molecule has 21 heavy (non-hydrogen) atoms. The lowest BCUT2D eigenvalue weighted by Crippen LogP contribution is -2.41. The van der Waals surface area contributed by atoms with Crippen LogP contribution in [-0.4, -0.2) is 31.6 Å². The number of nitrogens with zero attached hydrogens (tertiary/aromatic N) is 4. The predicted octanol–water partition coefficient (Wildman–Crippen LogP) is 1.13. The van der Waals surface area contributed by atoms with Crippen LogP contribution in [0.25, 0.3) is 0 Å². The molecule has 1 aromatic rings. The minimum atomic E-state index is -0.674. The van der Waals surface area contributed by atoms with Crippen LogP contribution in [0.2, 0.25) is 0 Å². The number of amides is 1. The molecular weight excluding hydrogens is 274 g/mol. The summed E-state index contributed by atoms with van der Waals surface area (Å²) in [5.41, 5.74) is 0. The number of nitrogens with one attached hydrogen (secondary N) is 1. The van der Waals surface area contributed by atoms with Gasteiger partial charge >= 0.3 is 5.95 Å². The Balaban J connectivity index is 1.52. The van der Waals surface area contributed by atoms with Crippen molar-refractivity contribution in [3.05, 3.63) is 16.4 Å². The smallest absolute Gasteiger partial charge is 0.390 e. The highest BCUT2D eigenvalue weighted by Crippen LogP contribution is 2.49. The third-order valence-corrected chi connectivity index (χ3v) is 4.82. The quantitative estimate of drug-likeness (QED) is 0.647. The minimum Gasteiger partial charge on any atom is -0.390 e. The number of hydrogen-bond acceptors (Lipinski definition) is 5. The van der Waals surface area contributed by atoms with Crippen LogP contribution in [0, 0.1) is 27.9 Å². The van der Waals surface area contributed by atoms with Gasteiger partial charge in [0.25, 0.3) is 0 Å². The third kappa shape index (κ3) is 2.88. The van der Waals surface area contributed by atoms with Crippen molar-refractivity contribution in [2.45, 2.75) is 45.2 Å². The van der Waals surface area contributed by atoms with Gasteiger partial charge in [0.2, 0.25) is 12.2 Å². The van der Waals surface area contributed by atoms with E-state index < -0.39 is 10.9 Å². The van der Waals surface area contributed by atoms with Crippen molar-refractivity contribution >= 4 is 11.9 Å². The highest BCUT2D eigenvalue weighted by Gasteiger charge is 2.42. The molecule has 0 aromatic carbocycles. The predicted molar refractivity (Wildman–Crippen MR) is 73.2 cm³/mol. The molecule has 0 spiro atoms. The van der Waals surface area contributed by atoms with Crippen molar-refractivity contribution in [1.82, 2.24) is 20.1 Å². The van der Waals surface area contributed by atoms with E-state index >= 15 is 0 Å². The summed E-state index contributed by atoms with van der Waals surface area (Å²) in [6.45, 7) is 2.01. The van der Waals surface area contributed by atoms with E-state index in [9.17, 15) is 14.9 Å². The van der Waals surface area contributed by atoms with Gasteiger partial charge in [0, 0.05) is 11.1 Å². The van der Waals surface area contributed by atoms with Crippen LogP contribution in [0.1, 0.15) is 32.6 Å². The molecule has 4 atom stereocenters. The summed E-state index contributed by atoms with van der Waals surface area (Å²) < 4.78 is 1.20. The maximum absolute atomic E-state index is 12.0. The van der Waals surface area contributed by atoms with Gasteiger partial charge in [0.05, 0.1) is 0 Å². The third-order valence-electron chi connectivity index (χ3n) is 4.82. The lowest BCUT2D eigenvalue weighted by molar-refractivity contribution is -0.394. The molecule has 2 aliphatic rings. The summed E-state index contributed by atoms with van der Waals surface area (Å²) in [6, 6.07) is 0.145. The Labute approximate surface area is 122 Å². The van der Waals surface area contributed by atoms with Crippen LogP contribution in [0.4, 0.5) is 5.95 Å². The second kappa shape index (κ2) is 5.42. The second-order valence-electron chi connectivity index (χ2n) is 6.19. The molecule has 2 saturated carbocycles. The first kappa shape index (κ1) is 14.0. The number of rotatable bonds is 5. The van der Waals surface area contributed by atoms with Crippen LogP contribution in [0.15, 0.2) is 6.33 Å². The lowest BCUT2D eigenvalue weighted by Gasteiger charge is -2.28. The fraction of sp³-hybridized carbons (Fsp3) is 0.769. The maximum atomic E-state index is 12.0. The van der Waals surface area contributed by atoms with Gasteiger partial charge in [0.1, 0.15) is 6.54 Å². The van der Waals surface area contributed by atoms with Crippen LogP contribution in [0.3, 0.4) is 0 Å². The molecule has 8 nitrogen and oxygen atoms in total. The molecule has 2 aliphatic carbocycles. The van der Waals surface area contributed by atoms with E-state index in [0.29, 0.717) is 5.92 Å². The highest BCUT2D eigenvalue weighted by atomic mass is 16.6. The van der Waals surface area contributed by atoms with Crippen LogP contribution in [-0.2, 0) is 11.3 Å². The molecule has 8 heteroatoms. The van der Waals surface area contributed by atoms with Gasteiger partial charge in [-0.1, -0.05) is 11.4 Å². The van der Waals surface area contributed by atoms with Crippen molar-refractivity contribution < 1.29 is 9.72 Å². The van der Waals surface area contributed by atoms with Gasteiger partial charge in [-0.15, -0.1) is 0 Å². The number of carbonyl (C=O) groups is 1. The molecule has 2 bridgehead atoms. The average molecular weight is 293 g/mol. The average Bonchev–Trinajstić information content (AvgIpc) is 3.13. The normalized spacial score (nSPS) is 28.5. The summed E-state index contributed by atoms with van der Waals surface area (Å²) in [7, 11) is 0. The number of carbonyl (C=O) groups excluding carboxylic acids is 1. The summed E-state index contributed by atoms with van der Waals surface area (Å²) in [5.74, 6) is 1.50. The Kier molecular flexibility index (Phi) is 3.60. The molecule has 2 fully saturated rings. The van der Waals surface area contributed by atoms with Crippen molar-refractivity contribution in [3.63, 3.8) is 0 Å². The molecule has 1 N–H and O–H groups in total. The van der Waals surface area contributed by atoms with E-state index in [2.05, 4.69) is 15.4 Å². The molecular formula is C13H19N5O3. The SMILES string of the molecule is C[C@@H](NC(=O)Cn1cnc([N+](=O)[O-])n1)[C@@H]1C[C@@H]2CC[C@@H]1C2. The van der Waals surface area contributed by atoms with Crippen molar-refractivity contribution in [1.29, 1.82) is 0 Å². The van der Waals surface area contributed by atoms with Gasteiger partial charge < -0.3 is 15.4 Å². The number of fused-ring (bicyclic) bond motifs is 2. The molecule has 1 aromatic heterocycles. The van der Waals surface area contributed by atoms with Crippen molar-refractivity contribution in [2.75, 3.05) is 0 Å². The zero-order valence-electron chi connectivity index (χ0n) is 11.9. The van der Waals surface area contributed by atoms with Gasteiger partial charge in [-0.3, -0.25) is 4.79 Å². The van der Waals surface area contributed by atoms with Crippen molar-refractivity contribution in [2.24, 2.45) is 17.8 Å². The van der Waals surface area contributed by atoms with Crippen LogP contribution in [0.5, 0.6) is 0 Å². The number of hydrogen-bond donors (Lipinski definition) is 1. The summed E-state index contributed by atoms with van der Waals surface area (Å²) >= 11 is 0. The summed E-state index contributed by atoms with van der Waals surface area (Å²) in [4.78, 5) is 25.3. The molecule has 114 valence electrons. The number of aromatic nitrogens is 3. The monoisotopic (exact) mass is 293 g/mol. The largest absolute Gasteiger partial charge is 0.490 e.